The van der Waals surface area contributed by atoms with E-state index in [1.807, 2.05) is 104 Å². The van der Waals surface area contributed by atoms with Crippen molar-refractivity contribution in [3.05, 3.63) is 136 Å². The Hall–Kier alpha value is -3.27. The molecule has 1 saturated heterocycles. The van der Waals surface area contributed by atoms with E-state index in [-0.39, 0.29) is 13.2 Å². The molecule has 5 atom stereocenters. The SMILES string of the molecule is CCOc1ccc(Cc2cc([C@]3(OC)O[C@H](CO)[C@@H](O)[C@H](OCc4ccccc4)[C@H]3OCc3ccccc3)ccc2Cl)cc1. The Morgan fingerprint density at radius 1 is 0.818 bits per heavy atom. The van der Waals surface area contributed by atoms with Gasteiger partial charge in [0.15, 0.2) is 0 Å². The molecule has 0 amide bonds. The van der Waals surface area contributed by atoms with Crippen LogP contribution in [0.25, 0.3) is 0 Å². The molecular formula is C36H39ClO7. The van der Waals surface area contributed by atoms with Crippen molar-refractivity contribution in [3.63, 3.8) is 0 Å². The maximum absolute atomic E-state index is 11.4. The highest BCUT2D eigenvalue weighted by atomic mass is 35.5. The van der Waals surface area contributed by atoms with Crippen LogP contribution in [0.4, 0.5) is 0 Å². The van der Waals surface area contributed by atoms with Crippen molar-refractivity contribution in [1.82, 2.24) is 0 Å². The summed E-state index contributed by atoms with van der Waals surface area (Å²) in [6, 6.07) is 32.9. The molecule has 5 rings (SSSR count). The molecule has 232 valence electrons. The van der Waals surface area contributed by atoms with Gasteiger partial charge in [-0.25, -0.2) is 0 Å². The molecule has 4 aromatic rings. The van der Waals surface area contributed by atoms with Gasteiger partial charge in [0.25, 0.3) is 0 Å². The van der Waals surface area contributed by atoms with Gasteiger partial charge in [-0.2, -0.15) is 0 Å². The number of benzene rings is 4. The predicted octanol–water partition coefficient (Wildman–Crippen LogP) is 6.05. The van der Waals surface area contributed by atoms with Gasteiger partial charge in [0.1, 0.15) is 30.2 Å². The maximum Gasteiger partial charge on any atom is 0.225 e. The second kappa shape index (κ2) is 15.1. The van der Waals surface area contributed by atoms with Gasteiger partial charge >= 0.3 is 0 Å². The summed E-state index contributed by atoms with van der Waals surface area (Å²) in [4.78, 5) is 0. The minimum absolute atomic E-state index is 0.217. The fourth-order valence-corrected chi connectivity index (χ4v) is 5.75. The van der Waals surface area contributed by atoms with E-state index in [4.69, 9.17) is 35.3 Å². The van der Waals surface area contributed by atoms with E-state index >= 15 is 0 Å². The van der Waals surface area contributed by atoms with Gasteiger partial charge in [-0.05, 0) is 59.9 Å². The molecule has 1 aliphatic rings. The van der Waals surface area contributed by atoms with Crippen LogP contribution in [-0.2, 0) is 44.4 Å². The molecule has 4 aromatic carbocycles. The van der Waals surface area contributed by atoms with Gasteiger partial charge < -0.3 is 33.9 Å². The summed E-state index contributed by atoms with van der Waals surface area (Å²) in [6.07, 6.45) is -3.47. The fourth-order valence-electron chi connectivity index (χ4n) is 5.56. The Balaban J connectivity index is 1.52. The number of hydrogen-bond acceptors (Lipinski definition) is 7. The predicted molar refractivity (Wildman–Crippen MR) is 169 cm³/mol. The molecule has 8 heteroatoms. The smallest absolute Gasteiger partial charge is 0.225 e. The zero-order chi connectivity index (χ0) is 30.9. The maximum atomic E-state index is 11.4. The van der Waals surface area contributed by atoms with E-state index in [0.29, 0.717) is 23.6 Å². The summed E-state index contributed by atoms with van der Waals surface area (Å²) < 4.78 is 31.2. The zero-order valence-electron chi connectivity index (χ0n) is 25.0. The molecule has 1 fully saturated rings. The highest BCUT2D eigenvalue weighted by Crippen LogP contribution is 2.43. The van der Waals surface area contributed by atoms with E-state index in [9.17, 15) is 10.2 Å². The van der Waals surface area contributed by atoms with E-state index in [0.717, 1.165) is 28.0 Å². The first-order chi connectivity index (χ1) is 21.5. The van der Waals surface area contributed by atoms with E-state index in [2.05, 4.69) is 0 Å². The summed E-state index contributed by atoms with van der Waals surface area (Å²) in [5.41, 5.74) is 4.39. The minimum Gasteiger partial charge on any atom is -0.494 e. The summed E-state index contributed by atoms with van der Waals surface area (Å²) >= 11 is 6.72. The summed E-state index contributed by atoms with van der Waals surface area (Å²) in [7, 11) is 1.53. The third-order valence-electron chi connectivity index (χ3n) is 7.83. The van der Waals surface area contributed by atoms with Crippen molar-refractivity contribution >= 4 is 11.6 Å². The average molecular weight is 619 g/mol. The minimum atomic E-state index is -1.54. The van der Waals surface area contributed by atoms with Crippen LogP contribution in [0.1, 0.15) is 34.7 Å². The average Bonchev–Trinajstić information content (AvgIpc) is 3.06. The van der Waals surface area contributed by atoms with Gasteiger partial charge in [-0.3, -0.25) is 0 Å². The van der Waals surface area contributed by atoms with Gasteiger partial charge in [0, 0.05) is 17.7 Å². The molecule has 1 aliphatic heterocycles. The quantitative estimate of drug-likeness (QED) is 0.189. The van der Waals surface area contributed by atoms with Gasteiger partial charge in [0.2, 0.25) is 5.79 Å². The van der Waals surface area contributed by atoms with Crippen LogP contribution in [0.3, 0.4) is 0 Å². The lowest BCUT2D eigenvalue weighted by Crippen LogP contribution is -2.65. The van der Waals surface area contributed by atoms with Crippen LogP contribution < -0.4 is 4.74 Å². The summed E-state index contributed by atoms with van der Waals surface area (Å²) in [5.74, 6) is -0.736. The lowest BCUT2D eigenvalue weighted by molar-refractivity contribution is -0.380. The van der Waals surface area contributed by atoms with Crippen LogP contribution in [0.2, 0.25) is 5.02 Å². The van der Waals surface area contributed by atoms with Crippen LogP contribution in [0.15, 0.2) is 103 Å². The van der Waals surface area contributed by atoms with Gasteiger partial charge in [-0.1, -0.05) is 90.5 Å². The van der Waals surface area contributed by atoms with Crippen LogP contribution in [-0.4, -0.2) is 55.0 Å². The molecule has 0 aliphatic carbocycles. The standard InChI is InChI=1S/C36H39ClO7/c1-3-41-30-17-14-25(15-18-30)20-28-21-29(16-19-31(28)37)36(40-2)35(43-24-27-12-8-5-9-13-27)34(33(39)32(22-38)44-36)42-23-26-10-6-4-7-11-26/h4-19,21,32-35,38-39H,3,20,22-24H2,1-2H3/t32-,33-,34+,35-,36+/m1/s1. The van der Waals surface area contributed by atoms with Crippen molar-refractivity contribution in [3.8, 4) is 5.75 Å². The third kappa shape index (κ3) is 7.33. The van der Waals surface area contributed by atoms with Crippen molar-refractivity contribution in [2.45, 2.75) is 56.8 Å². The summed E-state index contributed by atoms with van der Waals surface area (Å²) in [5, 5.41) is 22.3. The van der Waals surface area contributed by atoms with Crippen LogP contribution in [0, 0.1) is 0 Å². The van der Waals surface area contributed by atoms with E-state index in [1.165, 1.54) is 7.11 Å². The molecular weight excluding hydrogens is 580 g/mol. The normalized spacial score (nSPS) is 23.4. The fraction of sp³-hybridized carbons (Fsp3) is 0.333. The van der Waals surface area contributed by atoms with Crippen molar-refractivity contribution in [2.24, 2.45) is 0 Å². The molecule has 0 unspecified atom stereocenters. The molecule has 2 N–H and O–H groups in total. The number of halogens is 1. The second-order valence-electron chi connectivity index (χ2n) is 10.7. The molecule has 0 bridgehead atoms. The second-order valence-corrected chi connectivity index (χ2v) is 11.1. The van der Waals surface area contributed by atoms with Crippen molar-refractivity contribution in [2.75, 3.05) is 20.3 Å². The number of hydrogen-bond donors (Lipinski definition) is 2. The number of aliphatic hydroxyl groups is 2. The van der Waals surface area contributed by atoms with Crippen molar-refractivity contribution < 1.29 is 33.9 Å². The monoisotopic (exact) mass is 618 g/mol. The first kappa shape index (κ1) is 32.1. The Morgan fingerprint density at radius 3 is 2.05 bits per heavy atom. The number of methoxy groups -OCH3 is 1. The highest BCUT2D eigenvalue weighted by molar-refractivity contribution is 6.31. The zero-order valence-corrected chi connectivity index (χ0v) is 25.7. The molecule has 44 heavy (non-hydrogen) atoms. The Labute approximate surface area is 263 Å². The first-order valence-electron chi connectivity index (χ1n) is 14.8. The van der Waals surface area contributed by atoms with E-state index < -0.39 is 36.8 Å². The van der Waals surface area contributed by atoms with Crippen LogP contribution >= 0.6 is 11.6 Å². The number of ether oxygens (including phenoxy) is 5. The lowest BCUT2D eigenvalue weighted by Gasteiger charge is -2.50. The molecule has 7 nitrogen and oxygen atoms in total. The van der Waals surface area contributed by atoms with Gasteiger partial charge in [0.05, 0.1) is 26.4 Å². The summed E-state index contributed by atoms with van der Waals surface area (Å²) in [6.45, 7) is 2.53. The van der Waals surface area contributed by atoms with Crippen LogP contribution in [0.5, 0.6) is 5.75 Å². The first-order valence-corrected chi connectivity index (χ1v) is 15.2. The topological polar surface area (TPSA) is 86.6 Å². The molecule has 0 aromatic heterocycles. The third-order valence-corrected chi connectivity index (χ3v) is 8.20. The number of aliphatic hydroxyl groups excluding tert-OH is 2. The Kier molecular flexibility index (Phi) is 11.1. The Bertz CT molecular complexity index is 1450. The molecule has 0 saturated carbocycles. The number of rotatable bonds is 13. The molecule has 1 heterocycles. The molecule has 0 radical (unpaired) electrons. The molecule has 0 spiro atoms. The van der Waals surface area contributed by atoms with E-state index in [1.54, 1.807) is 6.07 Å². The largest absolute Gasteiger partial charge is 0.494 e. The Morgan fingerprint density at radius 2 is 1.45 bits per heavy atom. The van der Waals surface area contributed by atoms with Gasteiger partial charge in [-0.15, -0.1) is 0 Å². The highest BCUT2D eigenvalue weighted by Gasteiger charge is 2.57. The lowest BCUT2D eigenvalue weighted by atomic mass is 9.86. The van der Waals surface area contributed by atoms with Crippen molar-refractivity contribution in [1.29, 1.82) is 0 Å².